The molecule has 0 heterocycles. The van der Waals surface area contributed by atoms with Gasteiger partial charge in [-0.3, -0.25) is 9.59 Å². The zero-order valence-electron chi connectivity index (χ0n) is 15.8. The molecule has 6 heteroatoms. The van der Waals surface area contributed by atoms with E-state index in [4.69, 9.17) is 0 Å². The van der Waals surface area contributed by atoms with Gasteiger partial charge in [-0.1, -0.05) is 54.6 Å². The first-order valence-corrected chi connectivity index (χ1v) is 9.06. The molecular weight excluding hydrogens is 368 g/mol. The van der Waals surface area contributed by atoms with E-state index in [2.05, 4.69) is 10.6 Å². The molecule has 1 atom stereocenters. The molecule has 3 N–H and O–H groups in total. The molecule has 0 aromatic heterocycles. The van der Waals surface area contributed by atoms with Gasteiger partial charge in [0, 0.05) is 0 Å². The second-order valence-corrected chi connectivity index (χ2v) is 6.46. The Balaban J connectivity index is 1.81. The third-order valence-electron chi connectivity index (χ3n) is 4.47. The van der Waals surface area contributed by atoms with Gasteiger partial charge >= 0.3 is 5.97 Å². The Bertz CT molecular complexity index is 1050. The number of hydrogen-bond donors (Lipinski definition) is 3. The Labute approximate surface area is 168 Å². The monoisotopic (exact) mass is 388 g/mol. The van der Waals surface area contributed by atoms with E-state index in [-0.39, 0.29) is 28.6 Å². The maximum atomic E-state index is 12.8. The van der Waals surface area contributed by atoms with E-state index in [0.29, 0.717) is 5.69 Å². The molecule has 0 spiro atoms. The molecule has 3 aromatic rings. The SMILES string of the molecule is C[C@@H](NC(=O)c1ccccc1NC(=O)c1ccccc1C(=O)O)c1ccccc1. The maximum Gasteiger partial charge on any atom is 0.336 e. The highest BCUT2D eigenvalue weighted by Crippen LogP contribution is 2.20. The normalized spacial score (nSPS) is 11.3. The summed E-state index contributed by atoms with van der Waals surface area (Å²) in [6.07, 6.45) is 0. The molecule has 6 nitrogen and oxygen atoms in total. The van der Waals surface area contributed by atoms with Gasteiger partial charge in [0.15, 0.2) is 0 Å². The fourth-order valence-corrected chi connectivity index (χ4v) is 2.95. The van der Waals surface area contributed by atoms with Crippen molar-refractivity contribution in [3.8, 4) is 0 Å². The number of carboxylic acid groups (broad SMARTS) is 1. The molecule has 0 saturated heterocycles. The topological polar surface area (TPSA) is 95.5 Å². The molecule has 0 aliphatic carbocycles. The van der Waals surface area contributed by atoms with Crippen LogP contribution in [-0.4, -0.2) is 22.9 Å². The standard InChI is InChI=1S/C23H20N2O4/c1-15(16-9-3-2-4-10-16)24-22(27)19-13-7-8-14-20(19)25-21(26)17-11-5-6-12-18(17)23(28)29/h2-15H,1H3,(H,24,27)(H,25,26)(H,28,29)/t15-/m1/s1. The van der Waals surface area contributed by atoms with Gasteiger partial charge in [0.25, 0.3) is 11.8 Å². The highest BCUT2D eigenvalue weighted by atomic mass is 16.4. The summed E-state index contributed by atoms with van der Waals surface area (Å²) in [7, 11) is 0. The van der Waals surface area contributed by atoms with Crippen molar-refractivity contribution in [3.63, 3.8) is 0 Å². The number of anilines is 1. The third-order valence-corrected chi connectivity index (χ3v) is 4.47. The molecule has 0 radical (unpaired) electrons. The second-order valence-electron chi connectivity index (χ2n) is 6.46. The number of para-hydroxylation sites is 1. The average molecular weight is 388 g/mol. The van der Waals surface area contributed by atoms with Gasteiger partial charge in [-0.2, -0.15) is 0 Å². The van der Waals surface area contributed by atoms with Gasteiger partial charge in [-0.15, -0.1) is 0 Å². The first-order chi connectivity index (χ1) is 14.0. The number of carboxylic acids is 1. The summed E-state index contributed by atoms with van der Waals surface area (Å²) in [5.74, 6) is -2.14. The number of rotatable bonds is 6. The first kappa shape index (κ1) is 19.8. The quantitative estimate of drug-likeness (QED) is 0.592. The summed E-state index contributed by atoms with van der Waals surface area (Å²) < 4.78 is 0. The van der Waals surface area contributed by atoms with E-state index in [1.807, 2.05) is 37.3 Å². The van der Waals surface area contributed by atoms with E-state index < -0.39 is 11.9 Å². The van der Waals surface area contributed by atoms with Gasteiger partial charge in [-0.05, 0) is 36.8 Å². The molecule has 0 unspecified atom stereocenters. The average Bonchev–Trinajstić information content (AvgIpc) is 2.74. The molecular formula is C23H20N2O4. The van der Waals surface area contributed by atoms with Gasteiger partial charge in [0.2, 0.25) is 0 Å². The molecule has 0 aliphatic rings. The number of carbonyl (C=O) groups excluding carboxylic acids is 2. The molecule has 2 amide bonds. The number of amides is 2. The van der Waals surface area contributed by atoms with Crippen molar-refractivity contribution in [1.29, 1.82) is 0 Å². The zero-order valence-corrected chi connectivity index (χ0v) is 15.8. The van der Waals surface area contributed by atoms with Crippen LogP contribution in [-0.2, 0) is 0 Å². The Morgan fingerprint density at radius 3 is 1.93 bits per heavy atom. The van der Waals surface area contributed by atoms with Crippen LogP contribution in [0.5, 0.6) is 0 Å². The number of aromatic carboxylic acids is 1. The summed E-state index contributed by atoms with van der Waals surface area (Å²) in [5, 5.41) is 14.9. The number of nitrogens with one attached hydrogen (secondary N) is 2. The molecule has 0 aliphatic heterocycles. The molecule has 146 valence electrons. The van der Waals surface area contributed by atoms with Gasteiger partial charge in [0.1, 0.15) is 0 Å². The summed E-state index contributed by atoms with van der Waals surface area (Å²) in [4.78, 5) is 36.8. The van der Waals surface area contributed by atoms with E-state index in [1.54, 1.807) is 36.4 Å². The maximum absolute atomic E-state index is 12.8. The van der Waals surface area contributed by atoms with Crippen LogP contribution >= 0.6 is 0 Å². The second kappa shape index (κ2) is 8.84. The van der Waals surface area contributed by atoms with Crippen LogP contribution in [0.4, 0.5) is 5.69 Å². The van der Waals surface area contributed by atoms with Crippen LogP contribution in [0, 0.1) is 0 Å². The van der Waals surface area contributed by atoms with Gasteiger partial charge in [-0.25, -0.2) is 4.79 Å². The number of hydrogen-bond acceptors (Lipinski definition) is 3. The van der Waals surface area contributed by atoms with Crippen LogP contribution in [0.15, 0.2) is 78.9 Å². The molecule has 0 fully saturated rings. The van der Waals surface area contributed by atoms with Crippen molar-refractivity contribution in [2.24, 2.45) is 0 Å². The summed E-state index contributed by atoms with van der Waals surface area (Å²) in [6, 6.07) is 21.8. The van der Waals surface area contributed by atoms with E-state index in [1.165, 1.54) is 12.1 Å². The predicted molar refractivity (Wildman–Crippen MR) is 110 cm³/mol. The highest BCUT2D eigenvalue weighted by molar-refractivity contribution is 6.13. The Morgan fingerprint density at radius 1 is 0.724 bits per heavy atom. The minimum atomic E-state index is -1.20. The predicted octanol–water partition coefficient (Wildman–Crippen LogP) is 4.13. The van der Waals surface area contributed by atoms with Crippen molar-refractivity contribution in [2.45, 2.75) is 13.0 Å². The fraction of sp³-hybridized carbons (Fsp3) is 0.0870. The van der Waals surface area contributed by atoms with Crippen LogP contribution in [0.1, 0.15) is 49.6 Å². The molecule has 0 bridgehead atoms. The summed E-state index contributed by atoms with van der Waals surface area (Å²) >= 11 is 0. The van der Waals surface area contributed by atoms with E-state index >= 15 is 0 Å². The lowest BCUT2D eigenvalue weighted by Crippen LogP contribution is -2.28. The van der Waals surface area contributed by atoms with E-state index in [0.717, 1.165) is 5.56 Å². The highest BCUT2D eigenvalue weighted by Gasteiger charge is 2.19. The number of carbonyl (C=O) groups is 3. The Hall–Kier alpha value is -3.93. The zero-order chi connectivity index (χ0) is 20.8. The molecule has 29 heavy (non-hydrogen) atoms. The first-order valence-electron chi connectivity index (χ1n) is 9.06. The lowest BCUT2D eigenvalue weighted by atomic mass is 10.1. The van der Waals surface area contributed by atoms with E-state index in [9.17, 15) is 19.5 Å². The van der Waals surface area contributed by atoms with Crippen LogP contribution < -0.4 is 10.6 Å². The fourth-order valence-electron chi connectivity index (χ4n) is 2.95. The van der Waals surface area contributed by atoms with Gasteiger partial charge < -0.3 is 15.7 Å². The van der Waals surface area contributed by atoms with Crippen molar-refractivity contribution < 1.29 is 19.5 Å². The van der Waals surface area contributed by atoms with Crippen LogP contribution in [0.2, 0.25) is 0 Å². The van der Waals surface area contributed by atoms with Crippen molar-refractivity contribution in [3.05, 3.63) is 101 Å². The Kier molecular flexibility index (Phi) is 6.04. The summed E-state index contributed by atoms with van der Waals surface area (Å²) in [5.41, 5.74) is 1.46. The van der Waals surface area contributed by atoms with Gasteiger partial charge in [0.05, 0.1) is 28.4 Å². The van der Waals surface area contributed by atoms with Crippen molar-refractivity contribution >= 4 is 23.5 Å². The van der Waals surface area contributed by atoms with Crippen molar-refractivity contribution in [2.75, 3.05) is 5.32 Å². The summed E-state index contributed by atoms with van der Waals surface area (Å²) in [6.45, 7) is 1.87. The Morgan fingerprint density at radius 2 is 1.28 bits per heavy atom. The molecule has 3 aromatic carbocycles. The van der Waals surface area contributed by atoms with Crippen LogP contribution in [0.3, 0.4) is 0 Å². The third kappa shape index (κ3) is 4.68. The minimum Gasteiger partial charge on any atom is -0.478 e. The smallest absolute Gasteiger partial charge is 0.336 e. The minimum absolute atomic E-state index is 0.0212. The largest absolute Gasteiger partial charge is 0.478 e. The molecule has 0 saturated carbocycles. The number of benzene rings is 3. The van der Waals surface area contributed by atoms with Crippen molar-refractivity contribution in [1.82, 2.24) is 5.32 Å². The lowest BCUT2D eigenvalue weighted by molar-refractivity contribution is 0.0692. The lowest BCUT2D eigenvalue weighted by Gasteiger charge is -2.16. The molecule has 3 rings (SSSR count). The van der Waals surface area contributed by atoms with Crippen LogP contribution in [0.25, 0.3) is 0 Å².